The summed E-state index contributed by atoms with van der Waals surface area (Å²) >= 11 is 0. The molecular weight excluding hydrogens is 293 g/mol. The van der Waals surface area contributed by atoms with E-state index < -0.39 is 15.8 Å². The molecule has 2 aromatic rings. The second kappa shape index (κ2) is 5.37. The number of halogens is 1. The molecule has 0 heterocycles. The smallest absolute Gasteiger partial charge is 0.262 e. The zero-order chi connectivity index (χ0) is 15.8. The van der Waals surface area contributed by atoms with Crippen LogP contribution in [0.2, 0.25) is 0 Å². The van der Waals surface area contributed by atoms with Gasteiger partial charge >= 0.3 is 0 Å². The number of phenolic OH excluding ortho intramolecular Hbond substituents is 1. The van der Waals surface area contributed by atoms with Gasteiger partial charge in [-0.1, -0.05) is 12.1 Å². The van der Waals surface area contributed by atoms with E-state index in [2.05, 4.69) is 4.72 Å². The predicted octanol–water partition coefficient (Wildman–Crippen LogP) is 3.26. The molecule has 0 aliphatic carbocycles. The van der Waals surface area contributed by atoms with Gasteiger partial charge in [-0.3, -0.25) is 4.72 Å². The van der Waals surface area contributed by atoms with E-state index in [-0.39, 0.29) is 16.3 Å². The summed E-state index contributed by atoms with van der Waals surface area (Å²) in [6.07, 6.45) is 0. The molecule has 2 aromatic carbocycles. The van der Waals surface area contributed by atoms with Gasteiger partial charge in [-0.15, -0.1) is 0 Å². The van der Waals surface area contributed by atoms with Crippen LogP contribution < -0.4 is 4.72 Å². The second-order valence-corrected chi connectivity index (χ2v) is 6.56. The Labute approximate surface area is 123 Å². The number of para-hydroxylation sites is 1. The minimum atomic E-state index is -3.91. The number of hydrogen-bond donors (Lipinski definition) is 2. The van der Waals surface area contributed by atoms with Crippen molar-refractivity contribution in [3.8, 4) is 5.75 Å². The lowest BCUT2D eigenvalue weighted by atomic mass is 10.1. The lowest BCUT2D eigenvalue weighted by molar-refractivity contribution is 0.477. The van der Waals surface area contributed by atoms with Gasteiger partial charge in [0, 0.05) is 0 Å². The average Bonchev–Trinajstić information content (AvgIpc) is 2.32. The molecule has 0 radical (unpaired) electrons. The standard InChI is InChI=1S/C15H16FNO3S/c1-9-5-4-6-13(18)14(9)17-21(19,20)15-10(2)7-12(16)8-11(15)3/h4-8,17-18H,1-3H3. The molecule has 0 saturated carbocycles. The Kier molecular flexibility index (Phi) is 3.91. The summed E-state index contributed by atoms with van der Waals surface area (Å²) in [5.41, 5.74) is 1.35. The molecule has 0 aromatic heterocycles. The number of phenols is 1. The van der Waals surface area contributed by atoms with Crippen molar-refractivity contribution in [3.05, 3.63) is 52.8 Å². The molecule has 0 atom stereocenters. The van der Waals surface area contributed by atoms with Gasteiger partial charge < -0.3 is 5.11 Å². The van der Waals surface area contributed by atoms with Crippen molar-refractivity contribution in [2.75, 3.05) is 4.72 Å². The maximum atomic E-state index is 13.3. The number of aromatic hydroxyl groups is 1. The minimum Gasteiger partial charge on any atom is -0.506 e. The molecule has 4 nitrogen and oxygen atoms in total. The van der Waals surface area contributed by atoms with Gasteiger partial charge in [-0.2, -0.15) is 0 Å². The number of aryl methyl sites for hydroxylation is 3. The Hall–Kier alpha value is -2.08. The monoisotopic (exact) mass is 309 g/mol. The number of rotatable bonds is 3. The Bertz CT molecular complexity index is 757. The molecule has 0 amide bonds. The van der Waals surface area contributed by atoms with Crippen molar-refractivity contribution in [3.63, 3.8) is 0 Å². The highest BCUT2D eigenvalue weighted by atomic mass is 32.2. The van der Waals surface area contributed by atoms with Gasteiger partial charge in [0.2, 0.25) is 0 Å². The maximum Gasteiger partial charge on any atom is 0.262 e. The van der Waals surface area contributed by atoms with Crippen LogP contribution in [-0.2, 0) is 10.0 Å². The van der Waals surface area contributed by atoms with E-state index in [4.69, 9.17) is 0 Å². The fraction of sp³-hybridized carbons (Fsp3) is 0.200. The van der Waals surface area contributed by atoms with Crippen molar-refractivity contribution in [1.82, 2.24) is 0 Å². The Morgan fingerprint density at radius 1 is 1.05 bits per heavy atom. The average molecular weight is 309 g/mol. The first-order valence-corrected chi connectivity index (χ1v) is 7.79. The highest BCUT2D eigenvalue weighted by Gasteiger charge is 2.22. The molecule has 0 aliphatic rings. The lowest BCUT2D eigenvalue weighted by Gasteiger charge is -2.15. The van der Waals surface area contributed by atoms with E-state index in [0.717, 1.165) is 0 Å². The molecule has 0 fully saturated rings. The molecule has 0 bridgehead atoms. The zero-order valence-electron chi connectivity index (χ0n) is 11.9. The summed E-state index contributed by atoms with van der Waals surface area (Å²) in [6.45, 7) is 4.74. The quantitative estimate of drug-likeness (QED) is 0.855. The van der Waals surface area contributed by atoms with Gasteiger partial charge in [0.1, 0.15) is 11.6 Å². The Balaban J connectivity index is 2.54. The van der Waals surface area contributed by atoms with E-state index in [1.807, 2.05) is 0 Å². The van der Waals surface area contributed by atoms with E-state index in [1.54, 1.807) is 19.1 Å². The number of benzene rings is 2. The van der Waals surface area contributed by atoms with Crippen LogP contribution in [0.3, 0.4) is 0 Å². The van der Waals surface area contributed by atoms with Crippen LogP contribution in [0.4, 0.5) is 10.1 Å². The third kappa shape index (κ3) is 3.00. The third-order valence-electron chi connectivity index (χ3n) is 3.18. The molecule has 21 heavy (non-hydrogen) atoms. The van der Waals surface area contributed by atoms with E-state index in [1.165, 1.54) is 32.0 Å². The molecule has 2 rings (SSSR count). The summed E-state index contributed by atoms with van der Waals surface area (Å²) in [6, 6.07) is 7.03. The van der Waals surface area contributed by atoms with Crippen LogP contribution in [-0.4, -0.2) is 13.5 Å². The maximum absolute atomic E-state index is 13.3. The number of anilines is 1. The van der Waals surface area contributed by atoms with Gasteiger partial charge in [-0.25, -0.2) is 12.8 Å². The Morgan fingerprint density at radius 3 is 2.14 bits per heavy atom. The highest BCUT2D eigenvalue weighted by molar-refractivity contribution is 7.92. The van der Waals surface area contributed by atoms with Gasteiger partial charge in [0.25, 0.3) is 10.0 Å². The van der Waals surface area contributed by atoms with Gasteiger partial charge in [-0.05, 0) is 55.7 Å². The van der Waals surface area contributed by atoms with Crippen molar-refractivity contribution < 1.29 is 17.9 Å². The molecule has 0 saturated heterocycles. The fourth-order valence-electron chi connectivity index (χ4n) is 2.29. The van der Waals surface area contributed by atoms with Gasteiger partial charge in [0.05, 0.1) is 10.6 Å². The topological polar surface area (TPSA) is 66.4 Å². The third-order valence-corrected chi connectivity index (χ3v) is 4.84. The summed E-state index contributed by atoms with van der Waals surface area (Å²) in [5.74, 6) is -0.640. The number of nitrogens with one attached hydrogen (secondary N) is 1. The lowest BCUT2D eigenvalue weighted by Crippen LogP contribution is -2.16. The van der Waals surface area contributed by atoms with Gasteiger partial charge in [0.15, 0.2) is 0 Å². The summed E-state index contributed by atoms with van der Waals surface area (Å²) < 4.78 is 40.7. The SMILES string of the molecule is Cc1cccc(O)c1NS(=O)(=O)c1c(C)cc(F)cc1C. The van der Waals surface area contributed by atoms with Crippen molar-refractivity contribution >= 4 is 15.7 Å². The highest BCUT2D eigenvalue weighted by Crippen LogP contribution is 2.30. The van der Waals surface area contributed by atoms with Crippen LogP contribution in [0.5, 0.6) is 5.75 Å². The zero-order valence-corrected chi connectivity index (χ0v) is 12.8. The first-order valence-electron chi connectivity index (χ1n) is 6.30. The van der Waals surface area contributed by atoms with Crippen molar-refractivity contribution in [2.24, 2.45) is 0 Å². The normalized spacial score (nSPS) is 11.4. The molecular formula is C15H16FNO3S. The minimum absolute atomic E-state index is 0.0200. The summed E-state index contributed by atoms with van der Waals surface area (Å²) in [5, 5.41) is 9.80. The van der Waals surface area contributed by atoms with Crippen molar-refractivity contribution in [1.29, 1.82) is 0 Å². The second-order valence-electron chi connectivity index (χ2n) is 4.94. The van der Waals surface area contributed by atoms with E-state index in [9.17, 15) is 17.9 Å². The number of hydrogen-bond acceptors (Lipinski definition) is 3. The molecule has 0 aliphatic heterocycles. The molecule has 112 valence electrons. The van der Waals surface area contributed by atoms with Crippen LogP contribution in [0, 0.1) is 26.6 Å². The van der Waals surface area contributed by atoms with Crippen LogP contribution in [0.15, 0.2) is 35.2 Å². The van der Waals surface area contributed by atoms with Crippen molar-refractivity contribution in [2.45, 2.75) is 25.7 Å². The summed E-state index contributed by atoms with van der Waals surface area (Å²) in [7, 11) is -3.91. The molecule has 2 N–H and O–H groups in total. The molecule has 0 unspecified atom stereocenters. The Morgan fingerprint density at radius 2 is 1.62 bits per heavy atom. The molecule has 6 heteroatoms. The van der Waals surface area contributed by atoms with Crippen LogP contribution in [0.25, 0.3) is 0 Å². The van der Waals surface area contributed by atoms with Crippen LogP contribution in [0.1, 0.15) is 16.7 Å². The van der Waals surface area contributed by atoms with Crippen LogP contribution >= 0.6 is 0 Å². The largest absolute Gasteiger partial charge is 0.506 e. The molecule has 0 spiro atoms. The first kappa shape index (κ1) is 15.3. The predicted molar refractivity (Wildman–Crippen MR) is 79.5 cm³/mol. The number of sulfonamides is 1. The van der Waals surface area contributed by atoms with E-state index in [0.29, 0.717) is 16.7 Å². The fourth-order valence-corrected chi connectivity index (χ4v) is 3.89. The van der Waals surface area contributed by atoms with E-state index >= 15 is 0 Å². The summed E-state index contributed by atoms with van der Waals surface area (Å²) in [4.78, 5) is 0.0200. The first-order chi connectivity index (χ1) is 9.72.